The lowest BCUT2D eigenvalue weighted by atomic mass is 9.95. The van der Waals surface area contributed by atoms with Crippen LogP contribution in [0.3, 0.4) is 0 Å². The van der Waals surface area contributed by atoms with Gasteiger partial charge in [-0.05, 0) is 29.7 Å². The summed E-state index contributed by atoms with van der Waals surface area (Å²) < 4.78 is 1.93. The molecule has 1 N–H and O–H groups in total. The van der Waals surface area contributed by atoms with Crippen molar-refractivity contribution in [1.29, 1.82) is 0 Å². The number of carbonyl (C=O) groups is 1. The monoisotopic (exact) mass is 410 g/mol. The third-order valence-corrected chi connectivity index (χ3v) is 5.55. The van der Waals surface area contributed by atoms with Crippen LogP contribution >= 0.6 is 12.4 Å². The highest BCUT2D eigenvalue weighted by Gasteiger charge is 2.29. The number of pyridine rings is 1. The maximum absolute atomic E-state index is 13.1. The predicted molar refractivity (Wildman–Crippen MR) is 112 cm³/mol. The molecule has 1 amide bonds. The van der Waals surface area contributed by atoms with Gasteiger partial charge in [-0.2, -0.15) is 5.10 Å². The number of fused-ring (bicyclic) bond motifs is 2. The molecule has 3 aromatic rings. The van der Waals surface area contributed by atoms with Gasteiger partial charge in [0, 0.05) is 44.0 Å². The minimum atomic E-state index is -0.153. The van der Waals surface area contributed by atoms with Crippen LogP contribution in [-0.2, 0) is 30.7 Å². The lowest BCUT2D eigenvalue weighted by Gasteiger charge is -2.30. The van der Waals surface area contributed by atoms with Crippen LogP contribution in [0.5, 0.6) is 0 Å². The normalized spacial score (nSPS) is 18.2. The number of carbonyl (C=O) groups excluding carboxylic acids is 1. The van der Waals surface area contributed by atoms with Crippen molar-refractivity contribution in [3.8, 4) is 11.4 Å². The van der Waals surface area contributed by atoms with E-state index in [0.29, 0.717) is 31.9 Å². The second-order valence-electron chi connectivity index (χ2n) is 7.30. The lowest BCUT2D eigenvalue weighted by Crippen LogP contribution is -2.50. The number of amides is 1. The van der Waals surface area contributed by atoms with Gasteiger partial charge >= 0.3 is 0 Å². The van der Waals surface area contributed by atoms with E-state index in [1.807, 2.05) is 33.8 Å². The van der Waals surface area contributed by atoms with Gasteiger partial charge in [0.2, 0.25) is 5.91 Å². The molecular formula is C21H23ClN6O. The summed E-state index contributed by atoms with van der Waals surface area (Å²) in [5.41, 5.74) is 3.47. The summed E-state index contributed by atoms with van der Waals surface area (Å²) in [6.07, 6.45) is 4.98. The highest BCUT2D eigenvalue weighted by atomic mass is 35.5. The van der Waals surface area contributed by atoms with E-state index < -0.39 is 0 Å². The molecule has 1 aromatic carbocycles. The Hall–Kier alpha value is -2.77. The molecule has 0 bridgehead atoms. The van der Waals surface area contributed by atoms with Crippen molar-refractivity contribution >= 4 is 18.3 Å². The van der Waals surface area contributed by atoms with Gasteiger partial charge in [-0.15, -0.1) is 12.4 Å². The van der Waals surface area contributed by atoms with Crippen molar-refractivity contribution < 1.29 is 4.79 Å². The molecule has 0 unspecified atom stereocenters. The average Bonchev–Trinajstić information content (AvgIpc) is 3.06. The molecule has 2 aliphatic heterocycles. The highest BCUT2D eigenvalue weighted by molar-refractivity contribution is 5.85. The third kappa shape index (κ3) is 3.88. The van der Waals surface area contributed by atoms with E-state index in [1.54, 1.807) is 12.4 Å². The van der Waals surface area contributed by atoms with Crippen LogP contribution in [0.1, 0.15) is 17.0 Å². The summed E-state index contributed by atoms with van der Waals surface area (Å²) in [7, 11) is 0. The van der Waals surface area contributed by atoms with E-state index in [0.717, 1.165) is 24.4 Å². The number of nitrogens with zero attached hydrogens (tertiary/aromatic N) is 5. The second kappa shape index (κ2) is 8.31. The van der Waals surface area contributed by atoms with Gasteiger partial charge < -0.3 is 10.2 Å². The van der Waals surface area contributed by atoms with E-state index >= 15 is 0 Å². The van der Waals surface area contributed by atoms with Crippen molar-refractivity contribution in [2.24, 2.45) is 0 Å². The Labute approximate surface area is 175 Å². The van der Waals surface area contributed by atoms with Gasteiger partial charge in [-0.25, -0.2) is 9.67 Å². The van der Waals surface area contributed by atoms with Crippen molar-refractivity contribution in [3.63, 3.8) is 0 Å². The number of hydrogen-bond donors (Lipinski definition) is 1. The Bertz CT molecular complexity index is 980. The predicted octanol–water partition coefficient (Wildman–Crippen LogP) is 1.86. The van der Waals surface area contributed by atoms with Crippen LogP contribution in [-0.4, -0.2) is 49.7 Å². The molecule has 8 heteroatoms. The third-order valence-electron chi connectivity index (χ3n) is 5.55. The number of nitrogens with one attached hydrogen (secondary N) is 1. The zero-order valence-electron chi connectivity index (χ0n) is 16.0. The standard InChI is InChI=1S/C21H22N6O.ClH/c28-21(18-12-15-4-1-2-5-16(15)14-23-18)26-9-7-19-24-20(25-27(19)11-10-26)17-6-3-8-22-13-17;/h1-6,8,13,18,23H,7,9-12,14H2;1H/t18-;/m1./s1. The number of rotatable bonds is 2. The molecule has 0 saturated heterocycles. The number of hydrogen-bond acceptors (Lipinski definition) is 5. The Kier molecular flexibility index (Phi) is 5.60. The summed E-state index contributed by atoms with van der Waals surface area (Å²) in [5.74, 6) is 1.80. The van der Waals surface area contributed by atoms with Crippen molar-refractivity contribution in [2.75, 3.05) is 13.1 Å². The molecular weight excluding hydrogens is 388 g/mol. The molecule has 0 fully saturated rings. The molecule has 0 spiro atoms. The minimum Gasteiger partial charge on any atom is -0.339 e. The smallest absolute Gasteiger partial charge is 0.240 e. The van der Waals surface area contributed by atoms with Crippen molar-refractivity contribution in [2.45, 2.75) is 32.0 Å². The first-order valence-corrected chi connectivity index (χ1v) is 9.71. The fourth-order valence-electron chi connectivity index (χ4n) is 3.99. The molecule has 5 rings (SSSR count). The van der Waals surface area contributed by atoms with Crippen LogP contribution in [0.25, 0.3) is 11.4 Å². The minimum absolute atomic E-state index is 0. The lowest BCUT2D eigenvalue weighted by molar-refractivity contribution is -0.133. The van der Waals surface area contributed by atoms with Gasteiger partial charge in [0.05, 0.1) is 12.6 Å². The van der Waals surface area contributed by atoms with Crippen molar-refractivity contribution in [1.82, 2.24) is 30.0 Å². The molecule has 0 radical (unpaired) electrons. The molecule has 0 aliphatic carbocycles. The Morgan fingerprint density at radius 1 is 1.07 bits per heavy atom. The van der Waals surface area contributed by atoms with Gasteiger partial charge in [-0.3, -0.25) is 9.78 Å². The SMILES string of the molecule is Cl.O=C([C@H]1Cc2ccccc2CN1)N1CCc2nc(-c3cccnc3)nn2CC1. The first-order valence-electron chi connectivity index (χ1n) is 9.71. The first-order chi connectivity index (χ1) is 13.8. The zero-order valence-corrected chi connectivity index (χ0v) is 16.8. The number of halogens is 1. The molecule has 1 atom stereocenters. The van der Waals surface area contributed by atoms with Crippen LogP contribution in [0, 0.1) is 0 Å². The maximum Gasteiger partial charge on any atom is 0.240 e. The topological polar surface area (TPSA) is 75.9 Å². The van der Waals surface area contributed by atoms with Crippen LogP contribution in [0.2, 0.25) is 0 Å². The van der Waals surface area contributed by atoms with E-state index in [4.69, 9.17) is 0 Å². The average molecular weight is 411 g/mol. The van der Waals surface area contributed by atoms with E-state index in [-0.39, 0.29) is 24.4 Å². The van der Waals surface area contributed by atoms with Crippen LogP contribution in [0.4, 0.5) is 0 Å². The largest absolute Gasteiger partial charge is 0.339 e. The Morgan fingerprint density at radius 2 is 1.93 bits per heavy atom. The number of benzene rings is 1. The molecule has 29 heavy (non-hydrogen) atoms. The fraction of sp³-hybridized carbons (Fsp3) is 0.333. The summed E-state index contributed by atoms with van der Waals surface area (Å²) in [4.78, 5) is 23.8. The van der Waals surface area contributed by atoms with Gasteiger partial charge in [0.25, 0.3) is 0 Å². The summed E-state index contributed by atoms with van der Waals surface area (Å²) in [6.45, 7) is 2.74. The zero-order chi connectivity index (χ0) is 18.9. The fourth-order valence-corrected chi connectivity index (χ4v) is 3.99. The summed E-state index contributed by atoms with van der Waals surface area (Å²) in [6, 6.07) is 12.0. The maximum atomic E-state index is 13.1. The summed E-state index contributed by atoms with van der Waals surface area (Å²) >= 11 is 0. The quantitative estimate of drug-likeness (QED) is 0.697. The molecule has 2 aliphatic rings. The van der Waals surface area contributed by atoms with Crippen LogP contribution in [0.15, 0.2) is 48.8 Å². The highest BCUT2D eigenvalue weighted by Crippen LogP contribution is 2.19. The van der Waals surface area contributed by atoms with Crippen molar-refractivity contribution in [3.05, 3.63) is 65.7 Å². The first kappa shape index (κ1) is 19.5. The Morgan fingerprint density at radius 3 is 2.76 bits per heavy atom. The molecule has 7 nitrogen and oxygen atoms in total. The van der Waals surface area contributed by atoms with E-state index in [1.165, 1.54) is 11.1 Å². The van der Waals surface area contributed by atoms with Gasteiger partial charge in [-0.1, -0.05) is 24.3 Å². The Balaban J connectivity index is 0.00000205. The van der Waals surface area contributed by atoms with E-state index in [2.05, 4.69) is 32.5 Å². The molecule has 0 saturated carbocycles. The van der Waals surface area contributed by atoms with E-state index in [9.17, 15) is 4.79 Å². The van der Waals surface area contributed by atoms with Gasteiger partial charge in [0.1, 0.15) is 5.82 Å². The van der Waals surface area contributed by atoms with Gasteiger partial charge in [0.15, 0.2) is 5.82 Å². The number of aromatic nitrogens is 4. The molecule has 2 aromatic heterocycles. The summed E-state index contributed by atoms with van der Waals surface area (Å²) in [5, 5.41) is 8.03. The molecule has 150 valence electrons. The second-order valence-corrected chi connectivity index (χ2v) is 7.30. The molecule has 4 heterocycles. The van der Waals surface area contributed by atoms with Crippen LogP contribution < -0.4 is 5.32 Å².